The van der Waals surface area contributed by atoms with Gasteiger partial charge in [0.1, 0.15) is 0 Å². The van der Waals surface area contributed by atoms with E-state index in [4.69, 9.17) is 0 Å². The van der Waals surface area contributed by atoms with E-state index in [0.717, 1.165) is 21.8 Å². The van der Waals surface area contributed by atoms with Crippen LogP contribution in [0.25, 0.3) is 11.1 Å². The summed E-state index contributed by atoms with van der Waals surface area (Å²) in [4.78, 5) is 0. The van der Waals surface area contributed by atoms with Crippen LogP contribution in [0.4, 0.5) is 0 Å². The van der Waals surface area contributed by atoms with Gasteiger partial charge in [0, 0.05) is 0 Å². The molecule has 44 heavy (non-hydrogen) atoms. The van der Waals surface area contributed by atoms with Gasteiger partial charge in [-0.25, -0.2) is 0 Å². The molecule has 0 bridgehead atoms. The van der Waals surface area contributed by atoms with Crippen LogP contribution in [0.15, 0.2) is 109 Å². The summed E-state index contributed by atoms with van der Waals surface area (Å²) in [5.41, 5.74) is 11.6. The van der Waals surface area contributed by atoms with Gasteiger partial charge in [0.25, 0.3) is 0 Å². The van der Waals surface area contributed by atoms with E-state index in [1.54, 1.807) is 15.3 Å². The van der Waals surface area contributed by atoms with Gasteiger partial charge < -0.3 is 24.8 Å². The molecule has 0 radical (unpaired) electrons. The molecule has 0 saturated carbocycles. The number of halogens is 4. The first-order chi connectivity index (χ1) is 19.9. The van der Waals surface area contributed by atoms with Crippen LogP contribution >= 0.6 is 31.9 Å². The molecule has 2 aliphatic carbocycles. The van der Waals surface area contributed by atoms with Crippen LogP contribution in [0.1, 0.15) is 81.3 Å². The van der Waals surface area contributed by atoms with Crippen LogP contribution in [0.5, 0.6) is 0 Å². The topological polar surface area (TPSA) is 0 Å². The van der Waals surface area contributed by atoms with Crippen molar-refractivity contribution in [1.82, 2.24) is 0 Å². The first kappa shape index (κ1) is 35.5. The van der Waals surface area contributed by atoms with Gasteiger partial charge >= 0.3 is 279 Å². The number of hydrogen-bond acceptors (Lipinski definition) is 0. The monoisotopic (exact) mass is 824 g/mol. The third kappa shape index (κ3) is 7.13. The van der Waals surface area contributed by atoms with Crippen molar-refractivity contribution in [2.75, 3.05) is 0 Å². The van der Waals surface area contributed by atoms with Crippen LogP contribution in [0.3, 0.4) is 0 Å². The molecule has 0 aliphatic heterocycles. The van der Waals surface area contributed by atoms with E-state index in [1.165, 1.54) is 38.9 Å². The van der Waals surface area contributed by atoms with Crippen molar-refractivity contribution < 1.29 is 46.1 Å². The fourth-order valence-electron chi connectivity index (χ4n) is 6.24. The molecule has 0 spiro atoms. The van der Waals surface area contributed by atoms with E-state index < -0.39 is 21.3 Å². The quantitative estimate of drug-likeness (QED) is 0.246. The Balaban J connectivity index is 0.00000221. The van der Waals surface area contributed by atoms with Crippen LogP contribution in [0, 0.1) is 0 Å². The number of hydrogen-bond donors (Lipinski definition) is 0. The van der Waals surface area contributed by atoms with E-state index in [0.29, 0.717) is 0 Å². The predicted octanol–water partition coefficient (Wildman–Crippen LogP) is 4.74. The van der Waals surface area contributed by atoms with Crippen molar-refractivity contribution in [3.8, 4) is 11.1 Å². The van der Waals surface area contributed by atoms with Gasteiger partial charge in [-0.3, -0.25) is 0 Å². The second-order valence-corrected chi connectivity index (χ2v) is 21.5. The molecule has 0 aromatic heterocycles. The van der Waals surface area contributed by atoms with E-state index in [9.17, 15) is 0 Å². The zero-order valence-electron chi connectivity index (χ0n) is 26.2. The van der Waals surface area contributed by atoms with E-state index >= 15 is 0 Å². The Kier molecular flexibility index (Phi) is 11.1. The Morgan fingerprint density at radius 2 is 1.27 bits per heavy atom. The molecule has 0 fully saturated rings. The minimum absolute atomic E-state index is 0. The SMILES string of the molecule is CC(C)(C)c1ccc2c(c1)-c1cc(C(C)(C)C)c[c]([Zr+2]([C]3=CC=CC3)=[C](c3cccc(Br)c3)c3cccc(Br)c3)c1C2.[Cl-].[Cl-]. The number of fused-ring (bicyclic) bond motifs is 3. The summed E-state index contributed by atoms with van der Waals surface area (Å²) < 4.78 is 7.09. The first-order valence-corrected chi connectivity index (χ1v) is 20.1. The fraction of sp³-hybridized carbons (Fsp3) is 0.256. The summed E-state index contributed by atoms with van der Waals surface area (Å²) in [5, 5.41) is 0. The van der Waals surface area contributed by atoms with Gasteiger partial charge in [-0.1, -0.05) is 0 Å². The Morgan fingerprint density at radius 3 is 1.80 bits per heavy atom. The van der Waals surface area contributed by atoms with Gasteiger partial charge in [0.15, 0.2) is 0 Å². The molecule has 226 valence electrons. The minimum Gasteiger partial charge on any atom is -1.00 e. The Morgan fingerprint density at radius 1 is 0.682 bits per heavy atom. The van der Waals surface area contributed by atoms with E-state index in [1.807, 2.05) is 0 Å². The van der Waals surface area contributed by atoms with Crippen molar-refractivity contribution in [2.24, 2.45) is 0 Å². The number of rotatable bonds is 4. The Labute approximate surface area is 300 Å². The van der Waals surface area contributed by atoms with Gasteiger partial charge in [0.2, 0.25) is 0 Å². The third-order valence-electron chi connectivity index (χ3n) is 8.59. The average molecular weight is 829 g/mol. The average Bonchev–Trinajstić information content (AvgIpc) is 3.58. The molecule has 0 unspecified atom stereocenters. The second kappa shape index (κ2) is 13.8. The summed E-state index contributed by atoms with van der Waals surface area (Å²) in [5.74, 6) is 0. The molecule has 0 atom stereocenters. The molecule has 0 saturated heterocycles. The Bertz CT molecular complexity index is 1770. The molecule has 5 heteroatoms. The number of allylic oxidation sites excluding steroid dienone is 4. The van der Waals surface area contributed by atoms with Gasteiger partial charge in [-0.2, -0.15) is 0 Å². The smallest absolute Gasteiger partial charge is 1.00 e. The van der Waals surface area contributed by atoms with Crippen LogP contribution < -0.4 is 28.1 Å². The van der Waals surface area contributed by atoms with Gasteiger partial charge in [-0.15, -0.1) is 0 Å². The molecule has 2 aliphatic rings. The maximum Gasteiger partial charge on any atom is -1.00 e. The third-order valence-corrected chi connectivity index (χ3v) is 17.1. The normalized spacial score (nSPS) is 13.2. The molecule has 0 N–H and O–H groups in total. The fourth-order valence-corrected chi connectivity index (χ4v) is 15.0. The standard InChI is InChI=1S/C21H25.C13H8Br2.C5H5.2ClH.Zr/c1-20(2,3)16-9-7-14-11-15-8-10-17(21(4,5)6)13-19(15)18(14)12-16;14-12-5-1-3-10(8-12)7-11-4-2-6-13(15)9-11;1-2-4-5-3-1;;;/h7,9-10,12-13H,11H2,1-6H3;1-6,8-9H;1-3H,4H2;2*1H;/q;;;;;+2/p-2. The molecular formula is C39H38Br2Cl2Zr. The zero-order valence-corrected chi connectivity index (χ0v) is 33.3. The second-order valence-electron chi connectivity index (χ2n) is 13.7. The van der Waals surface area contributed by atoms with Crippen LogP contribution in [-0.2, 0) is 38.5 Å². The summed E-state index contributed by atoms with van der Waals surface area (Å²) in [6, 6.07) is 30.4. The zero-order chi connectivity index (χ0) is 29.8. The molecule has 4 aromatic carbocycles. The largest absolute Gasteiger partial charge is 1.00 e. The first-order valence-electron chi connectivity index (χ1n) is 14.8. The molecular weight excluding hydrogens is 790 g/mol. The minimum atomic E-state index is -2.74. The molecule has 0 heterocycles. The van der Waals surface area contributed by atoms with Crippen molar-refractivity contribution in [3.05, 3.63) is 143 Å². The van der Waals surface area contributed by atoms with Crippen LogP contribution in [0.2, 0.25) is 0 Å². The molecule has 4 aromatic rings. The van der Waals surface area contributed by atoms with Crippen LogP contribution in [-0.4, -0.2) is 3.21 Å². The van der Waals surface area contributed by atoms with Crippen molar-refractivity contribution in [1.29, 1.82) is 0 Å². The van der Waals surface area contributed by atoms with Gasteiger partial charge in [-0.05, 0) is 0 Å². The maximum atomic E-state index is 3.81. The van der Waals surface area contributed by atoms with Gasteiger partial charge in [0.05, 0.1) is 0 Å². The van der Waals surface area contributed by atoms with Crippen molar-refractivity contribution >= 4 is 38.3 Å². The van der Waals surface area contributed by atoms with Crippen molar-refractivity contribution in [3.63, 3.8) is 0 Å². The Hall–Kier alpha value is -1.35. The summed E-state index contributed by atoms with van der Waals surface area (Å²) in [7, 11) is 0. The summed E-state index contributed by atoms with van der Waals surface area (Å²) in [6.45, 7) is 14.1. The maximum absolute atomic E-state index is 3.81. The van der Waals surface area contributed by atoms with Crippen molar-refractivity contribution in [2.45, 2.75) is 65.2 Å². The summed E-state index contributed by atoms with van der Waals surface area (Å²) in [6.07, 6.45) is 9.15. The van der Waals surface area contributed by atoms with E-state index in [2.05, 4.69) is 170 Å². The summed E-state index contributed by atoms with van der Waals surface area (Å²) >= 11 is 4.87. The predicted molar refractivity (Wildman–Crippen MR) is 185 cm³/mol. The molecule has 0 nitrogen and oxygen atoms in total. The number of benzene rings is 4. The molecule has 0 amide bonds. The molecule has 6 rings (SSSR count). The van der Waals surface area contributed by atoms with E-state index in [-0.39, 0.29) is 35.6 Å².